The van der Waals surface area contributed by atoms with E-state index in [4.69, 9.17) is 5.73 Å². The van der Waals surface area contributed by atoms with Gasteiger partial charge in [0.1, 0.15) is 0 Å². The van der Waals surface area contributed by atoms with Crippen molar-refractivity contribution < 1.29 is 0 Å². The minimum Gasteiger partial charge on any atom is -0.398 e. The number of thioether (sulfide) groups is 1. The molecule has 4 heteroatoms. The molecular weight excluding hydrogens is 579 g/mol. The summed E-state index contributed by atoms with van der Waals surface area (Å²) < 4.78 is 0. The third-order valence-corrected chi connectivity index (χ3v) is 11.8. The molecule has 0 aliphatic heterocycles. The molecule has 234 valence electrons. The maximum absolute atomic E-state index is 6.74. The van der Waals surface area contributed by atoms with Crippen LogP contribution in [0.2, 0.25) is 0 Å². The SMILES string of the molecule is CCCCCC1CCC(c2ccc(-c3ccc(-c4ccc(SCCC(CS)CS)c(CCC)c4)c(CC)c3)c(N)c2)CC1. The molecule has 0 spiro atoms. The van der Waals surface area contributed by atoms with Gasteiger partial charge in [-0.15, -0.1) is 11.8 Å². The molecule has 0 bridgehead atoms. The Hall–Kier alpha value is -1.49. The second kappa shape index (κ2) is 17.9. The normalized spacial score (nSPS) is 17.1. The number of aryl methyl sites for hydroxylation is 2. The minimum atomic E-state index is 0.587. The molecule has 0 aromatic heterocycles. The monoisotopic (exact) mass is 633 g/mol. The summed E-state index contributed by atoms with van der Waals surface area (Å²) in [5.41, 5.74) is 17.0. The fourth-order valence-electron chi connectivity index (χ4n) is 6.83. The molecule has 1 aliphatic carbocycles. The van der Waals surface area contributed by atoms with Crippen molar-refractivity contribution in [2.45, 2.75) is 109 Å². The average molecular weight is 634 g/mol. The van der Waals surface area contributed by atoms with Crippen molar-refractivity contribution in [3.63, 3.8) is 0 Å². The van der Waals surface area contributed by atoms with Gasteiger partial charge in [0.15, 0.2) is 0 Å². The molecule has 1 saturated carbocycles. The fraction of sp³-hybridized carbons (Fsp3) is 0.538. The predicted molar refractivity (Wildman–Crippen MR) is 200 cm³/mol. The van der Waals surface area contributed by atoms with Crippen LogP contribution < -0.4 is 5.73 Å². The maximum atomic E-state index is 6.74. The van der Waals surface area contributed by atoms with Gasteiger partial charge in [-0.3, -0.25) is 0 Å². The fourth-order valence-corrected chi connectivity index (χ4v) is 8.84. The lowest BCUT2D eigenvalue weighted by Gasteiger charge is -2.29. The van der Waals surface area contributed by atoms with E-state index < -0.39 is 0 Å². The number of nitrogens with two attached hydrogens (primary N) is 1. The number of hydrogen-bond donors (Lipinski definition) is 3. The van der Waals surface area contributed by atoms with E-state index in [0.717, 1.165) is 60.1 Å². The molecule has 1 fully saturated rings. The van der Waals surface area contributed by atoms with Gasteiger partial charge in [-0.2, -0.15) is 25.3 Å². The Morgan fingerprint density at radius 1 is 0.791 bits per heavy atom. The largest absolute Gasteiger partial charge is 0.398 e. The lowest BCUT2D eigenvalue weighted by molar-refractivity contribution is 0.303. The van der Waals surface area contributed by atoms with Gasteiger partial charge in [-0.25, -0.2) is 0 Å². The number of benzene rings is 3. The van der Waals surface area contributed by atoms with Gasteiger partial charge >= 0.3 is 0 Å². The van der Waals surface area contributed by atoms with Crippen LogP contribution in [0.1, 0.15) is 108 Å². The van der Waals surface area contributed by atoms with Gasteiger partial charge in [0.25, 0.3) is 0 Å². The third kappa shape index (κ3) is 9.50. The van der Waals surface area contributed by atoms with Gasteiger partial charge in [0.05, 0.1) is 0 Å². The Bertz CT molecular complexity index is 1270. The zero-order chi connectivity index (χ0) is 30.6. The van der Waals surface area contributed by atoms with Crippen LogP contribution in [0, 0.1) is 11.8 Å². The molecule has 2 N–H and O–H groups in total. The summed E-state index contributed by atoms with van der Waals surface area (Å²) in [5.74, 6) is 5.14. The van der Waals surface area contributed by atoms with Gasteiger partial charge in [-0.05, 0) is 125 Å². The number of thiol groups is 2. The van der Waals surface area contributed by atoms with Crippen molar-refractivity contribution >= 4 is 42.7 Å². The van der Waals surface area contributed by atoms with E-state index in [9.17, 15) is 0 Å². The minimum absolute atomic E-state index is 0.587. The molecule has 1 aliphatic rings. The molecule has 0 radical (unpaired) electrons. The van der Waals surface area contributed by atoms with Crippen molar-refractivity contribution in [3.8, 4) is 22.3 Å². The van der Waals surface area contributed by atoms with Gasteiger partial charge in [-0.1, -0.05) is 95.3 Å². The molecule has 0 amide bonds. The van der Waals surface area contributed by atoms with Crippen LogP contribution in [0.4, 0.5) is 5.69 Å². The van der Waals surface area contributed by atoms with Crippen LogP contribution in [0.3, 0.4) is 0 Å². The highest BCUT2D eigenvalue weighted by molar-refractivity contribution is 7.99. The van der Waals surface area contributed by atoms with Crippen molar-refractivity contribution in [2.75, 3.05) is 23.0 Å². The average Bonchev–Trinajstić information content (AvgIpc) is 3.04. The van der Waals surface area contributed by atoms with Crippen LogP contribution in [0.15, 0.2) is 59.5 Å². The highest BCUT2D eigenvalue weighted by Gasteiger charge is 2.23. The Morgan fingerprint density at radius 2 is 1.49 bits per heavy atom. The molecule has 0 saturated heterocycles. The van der Waals surface area contributed by atoms with E-state index in [0.29, 0.717) is 11.8 Å². The van der Waals surface area contributed by atoms with Crippen molar-refractivity contribution in [1.29, 1.82) is 0 Å². The van der Waals surface area contributed by atoms with E-state index >= 15 is 0 Å². The third-order valence-electron chi connectivity index (χ3n) is 9.60. The first-order valence-electron chi connectivity index (χ1n) is 17.0. The number of nitrogen functional groups attached to an aromatic ring is 1. The standard InChI is InChI=1S/C39H55NS3/c1-4-7-8-10-28-11-13-31(14-12-28)32-15-19-37(38(40)25-32)34-16-18-36(30(6-3)23-34)33-17-20-39(35(24-33)9-5-2)43-22-21-29(26-41)27-42/h15-20,23-25,28-29,31,41-42H,4-14,21-22,26-27,40H2,1-3H3. The zero-order valence-electron chi connectivity index (χ0n) is 26.9. The summed E-state index contributed by atoms with van der Waals surface area (Å²) in [6.07, 6.45) is 15.4. The number of hydrogen-bond acceptors (Lipinski definition) is 4. The van der Waals surface area contributed by atoms with Gasteiger partial charge < -0.3 is 5.73 Å². The summed E-state index contributed by atoms with van der Waals surface area (Å²) in [5, 5.41) is 0. The molecule has 0 unspecified atom stereocenters. The molecular formula is C39H55NS3. The van der Waals surface area contributed by atoms with E-state index in [2.05, 4.69) is 101 Å². The van der Waals surface area contributed by atoms with Crippen molar-refractivity contribution in [1.82, 2.24) is 0 Å². The first-order valence-corrected chi connectivity index (χ1v) is 19.3. The van der Waals surface area contributed by atoms with E-state index in [1.807, 2.05) is 11.8 Å². The van der Waals surface area contributed by atoms with Crippen LogP contribution in [0.5, 0.6) is 0 Å². The topological polar surface area (TPSA) is 26.0 Å². The van der Waals surface area contributed by atoms with Crippen LogP contribution in [-0.4, -0.2) is 17.3 Å². The summed E-state index contributed by atoms with van der Waals surface area (Å²) in [6.45, 7) is 6.85. The second-order valence-corrected chi connectivity index (χ2v) is 14.6. The summed E-state index contributed by atoms with van der Waals surface area (Å²) in [6, 6.07) is 21.0. The maximum Gasteiger partial charge on any atom is 0.0396 e. The Morgan fingerprint density at radius 3 is 2.16 bits per heavy atom. The Balaban J connectivity index is 1.48. The van der Waals surface area contributed by atoms with Crippen LogP contribution in [-0.2, 0) is 12.8 Å². The number of anilines is 1. The smallest absolute Gasteiger partial charge is 0.0396 e. The Labute approximate surface area is 278 Å². The second-order valence-electron chi connectivity index (χ2n) is 12.7. The molecule has 1 nitrogen and oxygen atoms in total. The van der Waals surface area contributed by atoms with E-state index in [1.165, 1.54) is 89.6 Å². The van der Waals surface area contributed by atoms with Crippen LogP contribution >= 0.6 is 37.0 Å². The van der Waals surface area contributed by atoms with E-state index in [1.54, 1.807) is 0 Å². The van der Waals surface area contributed by atoms with E-state index in [-0.39, 0.29) is 0 Å². The molecule has 4 rings (SSSR count). The predicted octanol–water partition coefficient (Wildman–Crippen LogP) is 11.9. The number of rotatable bonds is 16. The highest BCUT2D eigenvalue weighted by atomic mass is 32.2. The van der Waals surface area contributed by atoms with Crippen LogP contribution in [0.25, 0.3) is 22.3 Å². The zero-order valence-corrected chi connectivity index (χ0v) is 29.5. The first kappa shape index (κ1) is 34.4. The molecule has 0 atom stereocenters. The lowest BCUT2D eigenvalue weighted by Crippen LogP contribution is -2.13. The van der Waals surface area contributed by atoms with Crippen molar-refractivity contribution in [3.05, 3.63) is 71.3 Å². The quantitative estimate of drug-likeness (QED) is 0.0633. The molecule has 3 aromatic rings. The lowest BCUT2D eigenvalue weighted by atomic mass is 9.76. The summed E-state index contributed by atoms with van der Waals surface area (Å²) >= 11 is 11.0. The van der Waals surface area contributed by atoms with Crippen molar-refractivity contribution in [2.24, 2.45) is 11.8 Å². The van der Waals surface area contributed by atoms with Gasteiger partial charge in [0.2, 0.25) is 0 Å². The first-order chi connectivity index (χ1) is 21.0. The summed E-state index contributed by atoms with van der Waals surface area (Å²) in [4.78, 5) is 1.43. The molecule has 43 heavy (non-hydrogen) atoms. The Kier molecular flexibility index (Phi) is 14.3. The molecule has 0 heterocycles. The highest BCUT2D eigenvalue weighted by Crippen LogP contribution is 2.40. The van der Waals surface area contributed by atoms with Gasteiger partial charge in [0, 0.05) is 16.1 Å². The summed E-state index contributed by atoms with van der Waals surface area (Å²) in [7, 11) is 0. The number of unbranched alkanes of at least 4 members (excludes halogenated alkanes) is 2. The molecule has 3 aromatic carbocycles.